The molecule has 0 saturated carbocycles. The summed E-state index contributed by atoms with van der Waals surface area (Å²) in [6.45, 7) is -1.05. The number of halogens is 2. The molecule has 0 atom stereocenters. The number of rotatable bonds is 6. The molecule has 0 amide bonds. The van der Waals surface area contributed by atoms with Crippen LogP contribution in [0, 0.1) is 0 Å². The van der Waals surface area contributed by atoms with Gasteiger partial charge in [-0.1, -0.05) is 0 Å². The van der Waals surface area contributed by atoms with Crippen LogP contribution in [0.1, 0.15) is 0 Å². The minimum atomic E-state index is -4.72. The maximum Gasteiger partial charge on any atom is 0.510 e. The van der Waals surface area contributed by atoms with Crippen LogP contribution in [0.3, 0.4) is 0 Å². The minimum absolute atomic E-state index is 1.05. The van der Waals surface area contributed by atoms with E-state index in [1.54, 1.807) is 0 Å². The molecule has 0 unspecified atom stereocenters. The first-order valence-corrected chi connectivity index (χ1v) is 5.99. The van der Waals surface area contributed by atoms with E-state index in [2.05, 4.69) is 40.9 Å². The quantitative estimate of drug-likeness (QED) is 0.555. The first-order chi connectivity index (χ1) is 5.83. The van der Waals surface area contributed by atoms with Gasteiger partial charge in [0.15, 0.2) is 6.79 Å². The summed E-state index contributed by atoms with van der Waals surface area (Å²) >= 11 is 9.22. The number of phosphoric acid groups is 2. The molecule has 0 bridgehead atoms. The molecule has 0 aliphatic rings. The molecule has 0 aromatic carbocycles. The monoisotopic (exact) mass is 276 g/mol. The van der Waals surface area contributed by atoms with Crippen LogP contribution in [0.15, 0.2) is 0 Å². The second-order valence-corrected chi connectivity index (χ2v) is 4.95. The molecule has 8 nitrogen and oxygen atoms in total. The van der Waals surface area contributed by atoms with Crippen molar-refractivity contribution in [3.63, 3.8) is 0 Å². The van der Waals surface area contributed by atoms with Gasteiger partial charge >= 0.3 is 15.6 Å². The van der Waals surface area contributed by atoms with E-state index in [0.717, 1.165) is 0 Å². The van der Waals surface area contributed by atoms with Crippen LogP contribution in [0.25, 0.3) is 0 Å². The molecule has 0 spiro atoms. The van der Waals surface area contributed by atoms with Crippen LogP contribution in [-0.4, -0.2) is 16.6 Å². The van der Waals surface area contributed by atoms with Gasteiger partial charge in [0.05, 0.1) is 23.7 Å². The molecule has 12 heteroatoms. The van der Waals surface area contributed by atoms with E-state index < -0.39 is 22.4 Å². The maximum absolute atomic E-state index is 10.8. The van der Waals surface area contributed by atoms with Crippen LogP contribution < -0.4 is 0 Å². The summed E-state index contributed by atoms with van der Waals surface area (Å²) < 4.78 is 35.8. The topological polar surface area (TPSA) is 112 Å². The van der Waals surface area contributed by atoms with Gasteiger partial charge in [-0.25, -0.2) is 9.13 Å². The van der Waals surface area contributed by atoms with Gasteiger partial charge in [-0.05, 0) is 0 Å². The molecule has 0 saturated heterocycles. The highest BCUT2D eigenvalue weighted by Gasteiger charge is 2.28. The van der Waals surface area contributed by atoms with E-state index in [4.69, 9.17) is 9.79 Å². The second kappa shape index (κ2) is 5.63. The number of hydrogen-bond acceptors (Lipinski definition) is 6. The maximum atomic E-state index is 10.8. The van der Waals surface area contributed by atoms with E-state index in [-0.39, 0.29) is 0 Å². The Morgan fingerprint density at radius 3 is 1.85 bits per heavy atom. The van der Waals surface area contributed by atoms with Crippen molar-refractivity contribution in [1.29, 1.82) is 0 Å². The van der Waals surface area contributed by atoms with Crippen molar-refractivity contribution in [1.82, 2.24) is 0 Å². The van der Waals surface area contributed by atoms with Crippen molar-refractivity contribution in [2.75, 3.05) is 6.79 Å². The Kier molecular flexibility index (Phi) is 5.97. The normalized spacial score (nSPS) is 13.2. The second-order valence-electron chi connectivity index (χ2n) is 1.45. The van der Waals surface area contributed by atoms with Gasteiger partial charge in [-0.2, -0.15) is 8.15 Å². The lowest BCUT2D eigenvalue weighted by molar-refractivity contribution is 0.0640. The highest BCUT2D eigenvalue weighted by Crippen LogP contribution is 2.52. The highest BCUT2D eigenvalue weighted by atomic mass is 35.5. The Bertz CT molecular complexity index is 226. The molecule has 80 valence electrons. The van der Waals surface area contributed by atoms with Crippen LogP contribution in [0.2, 0.25) is 0 Å². The lowest BCUT2D eigenvalue weighted by atomic mass is 11.6. The fourth-order valence-electron chi connectivity index (χ4n) is 0.207. The summed E-state index contributed by atoms with van der Waals surface area (Å²) in [5, 5.41) is 0. The molecular formula is CH4Cl2O8P2. The number of hydrogen-bond donors (Lipinski definition) is 2. The van der Waals surface area contributed by atoms with Gasteiger partial charge in [0.25, 0.3) is 0 Å². The number of phosphoric ester groups is 1. The predicted octanol–water partition coefficient (Wildman–Crippen LogP) is 1.52. The molecular weight excluding hydrogens is 273 g/mol. The largest absolute Gasteiger partial charge is 0.510 e. The Balaban J connectivity index is 3.89. The van der Waals surface area contributed by atoms with Crippen molar-refractivity contribution in [3.8, 4) is 0 Å². The fourth-order valence-corrected chi connectivity index (χ4v) is 1.26. The Morgan fingerprint density at radius 1 is 1.08 bits per heavy atom. The molecule has 0 aliphatic carbocycles. The van der Waals surface area contributed by atoms with Crippen LogP contribution in [-0.2, 0) is 26.3 Å². The lowest BCUT2D eigenvalue weighted by Crippen LogP contribution is -1.97. The van der Waals surface area contributed by atoms with Crippen molar-refractivity contribution >= 4 is 39.4 Å². The molecule has 0 aromatic heterocycles. The van der Waals surface area contributed by atoms with Gasteiger partial charge in [-0.15, -0.1) is 0 Å². The molecule has 13 heavy (non-hydrogen) atoms. The van der Waals surface area contributed by atoms with Crippen molar-refractivity contribution in [2.45, 2.75) is 0 Å². The zero-order valence-electron chi connectivity index (χ0n) is 5.70. The third-order valence-electron chi connectivity index (χ3n) is 0.601. The lowest BCUT2D eigenvalue weighted by Gasteiger charge is -2.09. The summed E-state index contributed by atoms with van der Waals surface area (Å²) in [4.78, 5) is 16.3. The third kappa shape index (κ3) is 6.82. The van der Waals surface area contributed by atoms with Crippen LogP contribution in [0.4, 0.5) is 0 Å². The standard InChI is InChI=1S/CH4Cl2O8P2/c2-10-13(7,11-3)9-1-8-12(4,5)6/h1H2,(H2,4,5,6). The SMILES string of the molecule is O=P(O)(O)OCOP(=O)(OCl)OCl. The minimum Gasteiger partial charge on any atom is -0.303 e. The Morgan fingerprint density at radius 2 is 1.54 bits per heavy atom. The Labute approximate surface area is 82.8 Å². The van der Waals surface area contributed by atoms with Gasteiger partial charge < -0.3 is 9.79 Å². The molecule has 0 radical (unpaired) electrons. The van der Waals surface area contributed by atoms with Crippen molar-refractivity contribution in [3.05, 3.63) is 0 Å². The van der Waals surface area contributed by atoms with Gasteiger partial charge in [0.1, 0.15) is 0 Å². The van der Waals surface area contributed by atoms with Crippen LogP contribution in [0.5, 0.6) is 0 Å². The predicted molar refractivity (Wildman–Crippen MR) is 40.6 cm³/mol. The van der Waals surface area contributed by atoms with E-state index in [9.17, 15) is 9.13 Å². The molecule has 0 rings (SSSR count). The fraction of sp³-hybridized carbons (Fsp3) is 1.00. The van der Waals surface area contributed by atoms with E-state index in [1.807, 2.05) is 0 Å². The smallest absolute Gasteiger partial charge is 0.303 e. The molecule has 0 fully saturated rings. The summed E-state index contributed by atoms with van der Waals surface area (Å²) in [5.41, 5.74) is 0. The summed E-state index contributed by atoms with van der Waals surface area (Å²) in [6, 6.07) is 0. The van der Waals surface area contributed by atoms with Crippen LogP contribution >= 0.6 is 39.4 Å². The molecule has 0 heterocycles. The van der Waals surface area contributed by atoms with Gasteiger partial charge in [0.2, 0.25) is 0 Å². The summed E-state index contributed by atoms with van der Waals surface area (Å²) in [5.74, 6) is 0. The average Bonchev–Trinajstić information content (AvgIpc) is 2.02. The van der Waals surface area contributed by atoms with E-state index in [0.29, 0.717) is 0 Å². The molecule has 0 aliphatic heterocycles. The molecule has 0 aromatic rings. The van der Waals surface area contributed by atoms with Gasteiger partial charge in [0, 0.05) is 0 Å². The first kappa shape index (κ1) is 13.8. The third-order valence-corrected chi connectivity index (χ3v) is 2.82. The highest BCUT2D eigenvalue weighted by molar-refractivity contribution is 7.50. The Hall–Kier alpha value is 0.800. The van der Waals surface area contributed by atoms with Crippen molar-refractivity contribution in [2.24, 2.45) is 0 Å². The summed E-state index contributed by atoms with van der Waals surface area (Å²) in [7, 11) is -8.92. The van der Waals surface area contributed by atoms with E-state index in [1.165, 1.54) is 0 Å². The first-order valence-electron chi connectivity index (χ1n) is 2.38. The molecule has 2 N–H and O–H groups in total. The van der Waals surface area contributed by atoms with Crippen molar-refractivity contribution < 1.29 is 36.1 Å². The summed E-state index contributed by atoms with van der Waals surface area (Å²) in [6.07, 6.45) is 0. The van der Waals surface area contributed by atoms with Gasteiger partial charge in [-0.3, -0.25) is 9.05 Å². The average molecular weight is 277 g/mol. The zero-order valence-corrected chi connectivity index (χ0v) is 9.00. The van der Waals surface area contributed by atoms with E-state index >= 15 is 0 Å². The zero-order chi connectivity index (χ0) is 10.5.